The summed E-state index contributed by atoms with van der Waals surface area (Å²) in [5, 5.41) is 15.7. The number of carboxylic acid groups (broad SMARTS) is 1. The van der Waals surface area contributed by atoms with Gasteiger partial charge < -0.3 is 5.11 Å². The monoisotopic (exact) mass is 468 g/mol. The molecule has 0 spiro atoms. The number of carboxylic acids is 1. The van der Waals surface area contributed by atoms with Crippen LogP contribution in [0.1, 0.15) is 36.4 Å². The van der Waals surface area contributed by atoms with Crippen LogP contribution in [0.2, 0.25) is 10.0 Å². The normalized spacial score (nSPS) is 16.3. The second kappa shape index (κ2) is 8.42. The van der Waals surface area contributed by atoms with Gasteiger partial charge in [-0.1, -0.05) is 51.3 Å². The van der Waals surface area contributed by atoms with Crippen LogP contribution in [-0.4, -0.2) is 27.7 Å². The van der Waals surface area contributed by atoms with Gasteiger partial charge >= 0.3 is 5.97 Å². The van der Waals surface area contributed by atoms with Gasteiger partial charge in [-0.15, -0.1) is 0 Å². The fourth-order valence-corrected chi connectivity index (χ4v) is 3.56. The zero-order valence-corrected chi connectivity index (χ0v) is 17.1. The Hall–Kier alpha value is -1.89. The van der Waals surface area contributed by atoms with Crippen molar-refractivity contribution in [1.82, 2.24) is 5.01 Å². The predicted octanol–water partition coefficient (Wildman–Crippen LogP) is 5.30. The minimum Gasteiger partial charge on any atom is -0.481 e. The molecule has 1 heterocycles. The molecule has 0 saturated heterocycles. The molecule has 27 heavy (non-hydrogen) atoms. The standard InChI is InChI=1S/C19H15BrCl2N2O3/c20-12-3-1-11(2-4-12)17-10-16(14-9-13(21)5-6-15(14)22)23-24(17)18(25)7-8-19(26)27/h1-6,9,17H,7-8,10H2,(H,26,27)/t17-/m1/s1. The summed E-state index contributed by atoms with van der Waals surface area (Å²) >= 11 is 15.8. The Balaban J connectivity index is 1.95. The second-order valence-corrected chi connectivity index (χ2v) is 7.83. The molecule has 0 aromatic heterocycles. The lowest BCUT2D eigenvalue weighted by Crippen LogP contribution is -2.27. The molecule has 0 radical (unpaired) electrons. The zero-order chi connectivity index (χ0) is 19.6. The van der Waals surface area contributed by atoms with E-state index in [9.17, 15) is 9.59 Å². The summed E-state index contributed by atoms with van der Waals surface area (Å²) in [6.45, 7) is 0. The molecule has 2 aromatic rings. The number of nitrogens with zero attached hydrogens (tertiary/aromatic N) is 2. The summed E-state index contributed by atoms with van der Waals surface area (Å²) in [6, 6.07) is 12.3. The second-order valence-electron chi connectivity index (χ2n) is 6.07. The average molecular weight is 470 g/mol. The van der Waals surface area contributed by atoms with Gasteiger partial charge in [0, 0.05) is 32.9 Å². The van der Waals surface area contributed by atoms with Gasteiger partial charge in [0.2, 0.25) is 5.91 Å². The van der Waals surface area contributed by atoms with E-state index < -0.39 is 5.97 Å². The molecule has 0 bridgehead atoms. The quantitative estimate of drug-likeness (QED) is 0.645. The summed E-state index contributed by atoms with van der Waals surface area (Å²) < 4.78 is 0.923. The van der Waals surface area contributed by atoms with Crippen molar-refractivity contribution < 1.29 is 14.7 Å². The van der Waals surface area contributed by atoms with E-state index in [0.29, 0.717) is 27.7 Å². The number of hydrazone groups is 1. The third-order valence-corrected chi connectivity index (χ3v) is 5.31. The molecular weight excluding hydrogens is 455 g/mol. The lowest BCUT2D eigenvalue weighted by Gasteiger charge is -2.22. The number of amides is 1. The van der Waals surface area contributed by atoms with E-state index >= 15 is 0 Å². The predicted molar refractivity (Wildman–Crippen MR) is 108 cm³/mol. The largest absolute Gasteiger partial charge is 0.481 e. The van der Waals surface area contributed by atoms with Crippen LogP contribution in [-0.2, 0) is 9.59 Å². The minimum absolute atomic E-state index is 0.123. The van der Waals surface area contributed by atoms with Crippen molar-refractivity contribution in [3.8, 4) is 0 Å². The lowest BCUT2D eigenvalue weighted by molar-refractivity contribution is -0.141. The highest BCUT2D eigenvalue weighted by Crippen LogP contribution is 2.36. The first-order chi connectivity index (χ1) is 12.8. The van der Waals surface area contributed by atoms with Crippen LogP contribution in [0.5, 0.6) is 0 Å². The van der Waals surface area contributed by atoms with Crippen molar-refractivity contribution in [1.29, 1.82) is 0 Å². The van der Waals surface area contributed by atoms with Gasteiger partial charge in [-0.25, -0.2) is 5.01 Å². The van der Waals surface area contributed by atoms with Crippen LogP contribution in [0.25, 0.3) is 0 Å². The van der Waals surface area contributed by atoms with Crippen molar-refractivity contribution >= 4 is 56.7 Å². The van der Waals surface area contributed by atoms with Crippen LogP contribution in [0.3, 0.4) is 0 Å². The number of halogens is 3. The molecule has 140 valence electrons. The Bertz CT molecular complexity index is 916. The highest BCUT2D eigenvalue weighted by atomic mass is 79.9. The molecule has 0 saturated carbocycles. The molecule has 5 nitrogen and oxygen atoms in total. The van der Waals surface area contributed by atoms with Crippen molar-refractivity contribution in [3.63, 3.8) is 0 Å². The van der Waals surface area contributed by atoms with Gasteiger partial charge in [0.05, 0.1) is 18.2 Å². The highest BCUT2D eigenvalue weighted by molar-refractivity contribution is 9.10. The average Bonchev–Trinajstić information content (AvgIpc) is 3.07. The van der Waals surface area contributed by atoms with E-state index in [1.54, 1.807) is 18.2 Å². The van der Waals surface area contributed by atoms with Crippen LogP contribution in [0, 0.1) is 0 Å². The summed E-state index contributed by atoms with van der Waals surface area (Å²) in [7, 11) is 0. The number of rotatable bonds is 5. The summed E-state index contributed by atoms with van der Waals surface area (Å²) in [4.78, 5) is 23.4. The van der Waals surface area contributed by atoms with E-state index in [4.69, 9.17) is 28.3 Å². The third kappa shape index (κ3) is 4.69. The first kappa shape index (κ1) is 19.9. The Kier molecular flexibility index (Phi) is 6.19. The Labute approximate surface area is 174 Å². The van der Waals surface area contributed by atoms with Crippen LogP contribution < -0.4 is 0 Å². The topological polar surface area (TPSA) is 70.0 Å². The molecule has 3 rings (SSSR count). The van der Waals surface area contributed by atoms with Gasteiger partial charge in [-0.2, -0.15) is 5.10 Å². The van der Waals surface area contributed by atoms with Crippen molar-refractivity contribution in [2.75, 3.05) is 0 Å². The molecule has 1 aliphatic heterocycles. The smallest absolute Gasteiger partial charge is 0.303 e. The van der Waals surface area contributed by atoms with E-state index in [-0.39, 0.29) is 24.8 Å². The van der Waals surface area contributed by atoms with Crippen LogP contribution >= 0.6 is 39.1 Å². The maximum atomic E-state index is 12.6. The molecule has 0 fully saturated rings. The van der Waals surface area contributed by atoms with E-state index in [2.05, 4.69) is 21.0 Å². The minimum atomic E-state index is -1.02. The van der Waals surface area contributed by atoms with Crippen LogP contribution in [0.15, 0.2) is 52.0 Å². The number of aliphatic carboxylic acids is 1. The van der Waals surface area contributed by atoms with E-state index in [1.807, 2.05) is 24.3 Å². The van der Waals surface area contributed by atoms with E-state index in [0.717, 1.165) is 10.0 Å². The Morgan fingerprint density at radius 1 is 1.15 bits per heavy atom. The van der Waals surface area contributed by atoms with Crippen LogP contribution in [0.4, 0.5) is 0 Å². The molecule has 1 amide bonds. The number of carbonyl (C=O) groups is 2. The molecule has 1 atom stereocenters. The maximum absolute atomic E-state index is 12.6. The number of benzene rings is 2. The third-order valence-electron chi connectivity index (χ3n) is 4.21. The molecule has 1 N–H and O–H groups in total. The fourth-order valence-electron chi connectivity index (χ4n) is 2.89. The molecule has 0 unspecified atom stereocenters. The fraction of sp³-hybridized carbons (Fsp3) is 0.211. The number of hydrogen-bond donors (Lipinski definition) is 1. The number of carbonyl (C=O) groups excluding carboxylic acids is 1. The van der Waals surface area contributed by atoms with Gasteiger partial charge in [0.1, 0.15) is 0 Å². The van der Waals surface area contributed by atoms with Crippen molar-refractivity contribution in [2.45, 2.75) is 25.3 Å². The maximum Gasteiger partial charge on any atom is 0.303 e. The first-order valence-electron chi connectivity index (χ1n) is 8.17. The zero-order valence-electron chi connectivity index (χ0n) is 14.0. The molecule has 2 aromatic carbocycles. The SMILES string of the molecule is O=C(O)CCC(=O)N1N=C(c2cc(Cl)ccc2Cl)C[C@@H]1c1ccc(Br)cc1. The van der Waals surface area contributed by atoms with Gasteiger partial charge in [-0.05, 0) is 35.9 Å². The van der Waals surface area contributed by atoms with E-state index in [1.165, 1.54) is 5.01 Å². The molecule has 1 aliphatic rings. The Morgan fingerprint density at radius 2 is 1.85 bits per heavy atom. The highest BCUT2D eigenvalue weighted by Gasteiger charge is 2.33. The van der Waals surface area contributed by atoms with Gasteiger partial charge in [0.25, 0.3) is 0 Å². The van der Waals surface area contributed by atoms with Crippen molar-refractivity contribution in [2.24, 2.45) is 5.10 Å². The van der Waals surface area contributed by atoms with Gasteiger partial charge in [0.15, 0.2) is 0 Å². The molecule has 8 heteroatoms. The first-order valence-corrected chi connectivity index (χ1v) is 9.72. The lowest BCUT2D eigenvalue weighted by atomic mass is 9.98. The number of hydrogen-bond acceptors (Lipinski definition) is 3. The Morgan fingerprint density at radius 3 is 2.52 bits per heavy atom. The van der Waals surface area contributed by atoms with Gasteiger partial charge in [-0.3, -0.25) is 9.59 Å². The molecular formula is C19H15BrCl2N2O3. The molecule has 0 aliphatic carbocycles. The summed E-state index contributed by atoms with van der Waals surface area (Å²) in [6.07, 6.45) is 0.0914. The van der Waals surface area contributed by atoms with Crippen molar-refractivity contribution in [3.05, 3.63) is 68.1 Å². The summed E-state index contributed by atoms with van der Waals surface area (Å²) in [5.74, 6) is -1.37. The summed E-state index contributed by atoms with van der Waals surface area (Å²) in [5.41, 5.74) is 2.21.